The molecule has 1 heterocycles. The average Bonchev–Trinajstić information content (AvgIpc) is 2.92. The quantitative estimate of drug-likeness (QED) is 0.646. The molecule has 0 radical (unpaired) electrons. The lowest BCUT2D eigenvalue weighted by molar-refractivity contribution is -0.123. The zero-order valence-corrected chi connectivity index (χ0v) is 16.2. The third-order valence-corrected chi connectivity index (χ3v) is 4.58. The van der Waals surface area contributed by atoms with Crippen molar-refractivity contribution in [3.05, 3.63) is 76.2 Å². The number of amides is 1. The number of benzene rings is 2. The summed E-state index contributed by atoms with van der Waals surface area (Å²) in [5.41, 5.74) is 0.860. The van der Waals surface area contributed by atoms with Crippen molar-refractivity contribution in [2.24, 2.45) is 7.05 Å². The Labute approximate surface area is 166 Å². The second-order valence-corrected chi connectivity index (χ2v) is 6.49. The van der Waals surface area contributed by atoms with Crippen molar-refractivity contribution in [1.29, 1.82) is 0 Å². The molecular weight excluding hydrogens is 374 g/mol. The van der Waals surface area contributed by atoms with Gasteiger partial charge in [0.2, 0.25) is 0 Å². The normalized spacial score (nSPS) is 11.7. The summed E-state index contributed by atoms with van der Waals surface area (Å²) in [4.78, 5) is 37.5. The van der Waals surface area contributed by atoms with Gasteiger partial charge in [-0.15, -0.1) is 0 Å². The third kappa shape index (κ3) is 3.91. The molecule has 29 heavy (non-hydrogen) atoms. The van der Waals surface area contributed by atoms with Crippen molar-refractivity contribution >= 4 is 17.6 Å². The zero-order valence-electron chi connectivity index (χ0n) is 16.2. The van der Waals surface area contributed by atoms with Crippen molar-refractivity contribution in [3.63, 3.8) is 0 Å². The molecule has 1 amide bonds. The van der Waals surface area contributed by atoms with E-state index in [9.17, 15) is 19.5 Å². The van der Waals surface area contributed by atoms with Crippen molar-refractivity contribution in [2.75, 3.05) is 5.32 Å². The van der Waals surface area contributed by atoms with Crippen LogP contribution >= 0.6 is 0 Å². The summed E-state index contributed by atoms with van der Waals surface area (Å²) in [6, 6.07) is 14.9. The van der Waals surface area contributed by atoms with Crippen LogP contribution in [0.2, 0.25) is 0 Å². The number of nitrogens with one attached hydrogen (secondary N) is 1. The Kier molecular flexibility index (Phi) is 5.54. The van der Waals surface area contributed by atoms with Gasteiger partial charge in [-0.3, -0.25) is 14.3 Å². The van der Waals surface area contributed by atoms with Gasteiger partial charge in [0.1, 0.15) is 17.0 Å². The van der Waals surface area contributed by atoms with Gasteiger partial charge < -0.3 is 15.2 Å². The maximum Gasteiger partial charge on any atom is 0.342 e. The van der Waals surface area contributed by atoms with Crippen LogP contribution < -0.4 is 10.9 Å². The molecule has 0 fully saturated rings. The number of aromatic nitrogens is 2. The van der Waals surface area contributed by atoms with Crippen LogP contribution in [0.3, 0.4) is 0 Å². The minimum absolute atomic E-state index is 0.0468. The molecule has 0 saturated carbocycles. The van der Waals surface area contributed by atoms with Crippen molar-refractivity contribution < 1.29 is 19.4 Å². The van der Waals surface area contributed by atoms with Gasteiger partial charge >= 0.3 is 5.97 Å². The number of ether oxygens (including phenoxy) is 1. The fourth-order valence-electron chi connectivity index (χ4n) is 2.86. The van der Waals surface area contributed by atoms with E-state index < -0.39 is 23.5 Å². The first-order chi connectivity index (χ1) is 13.8. The van der Waals surface area contributed by atoms with Crippen molar-refractivity contribution in [3.8, 4) is 11.4 Å². The largest absolute Gasteiger partial charge is 0.507 e. The molecule has 0 aliphatic carbocycles. The standard InChI is InChI=1S/C21H21N3O5/c1-13-18(20(27)24(23(13)3)15-9-5-4-6-10-15)22-19(26)14(2)29-21(28)16-11-7-8-12-17(16)25/h4-12,14,25H,1-3H3,(H,22,26)/t14-/m0/s1. The predicted octanol–water partition coefficient (Wildman–Crippen LogP) is 2.37. The van der Waals surface area contributed by atoms with E-state index in [0.717, 1.165) is 0 Å². The molecule has 1 aromatic heterocycles. The topological polar surface area (TPSA) is 103 Å². The lowest BCUT2D eigenvalue weighted by Gasteiger charge is -2.13. The summed E-state index contributed by atoms with van der Waals surface area (Å²) in [5, 5.41) is 12.3. The number of anilines is 1. The van der Waals surface area contributed by atoms with E-state index in [0.29, 0.717) is 11.4 Å². The zero-order chi connectivity index (χ0) is 21.1. The molecular formula is C21H21N3O5. The highest BCUT2D eigenvalue weighted by Gasteiger charge is 2.24. The molecule has 150 valence electrons. The number of nitrogens with zero attached hydrogens (tertiary/aromatic N) is 2. The maximum atomic E-state index is 12.8. The van der Waals surface area contributed by atoms with Crippen molar-refractivity contribution in [1.82, 2.24) is 9.36 Å². The molecule has 0 bridgehead atoms. The summed E-state index contributed by atoms with van der Waals surface area (Å²) in [6.45, 7) is 3.09. The minimum Gasteiger partial charge on any atom is -0.507 e. The molecule has 2 aromatic carbocycles. The molecule has 0 aliphatic heterocycles. The number of carbonyl (C=O) groups is 2. The first-order valence-electron chi connectivity index (χ1n) is 8.95. The van der Waals surface area contributed by atoms with Crippen LogP contribution in [-0.2, 0) is 16.6 Å². The number of esters is 1. The molecule has 0 spiro atoms. The molecule has 8 heteroatoms. The molecule has 8 nitrogen and oxygen atoms in total. The number of para-hydroxylation sites is 2. The number of rotatable bonds is 5. The minimum atomic E-state index is -1.17. The van der Waals surface area contributed by atoms with Gasteiger partial charge in [0.25, 0.3) is 11.5 Å². The molecule has 0 aliphatic rings. The second-order valence-electron chi connectivity index (χ2n) is 6.49. The fourth-order valence-corrected chi connectivity index (χ4v) is 2.86. The highest BCUT2D eigenvalue weighted by atomic mass is 16.5. The van der Waals surface area contributed by atoms with Crippen LogP contribution in [0.1, 0.15) is 23.0 Å². The smallest absolute Gasteiger partial charge is 0.342 e. The van der Waals surface area contributed by atoms with Gasteiger partial charge in [0, 0.05) is 7.05 Å². The number of phenols is 1. The lowest BCUT2D eigenvalue weighted by atomic mass is 10.2. The Hall–Kier alpha value is -3.81. The SMILES string of the molecule is Cc1c(NC(=O)[C@H](C)OC(=O)c2ccccc2O)c(=O)n(-c2ccccc2)n1C. The number of phenolic OH excluding ortho intramolecular Hbond substituents is 1. The van der Waals surface area contributed by atoms with Crippen LogP contribution in [0.15, 0.2) is 59.4 Å². The van der Waals surface area contributed by atoms with E-state index >= 15 is 0 Å². The summed E-state index contributed by atoms with van der Waals surface area (Å²) < 4.78 is 8.19. The van der Waals surface area contributed by atoms with Gasteiger partial charge in [-0.2, -0.15) is 0 Å². The van der Waals surface area contributed by atoms with Gasteiger partial charge in [0.05, 0.1) is 11.4 Å². The predicted molar refractivity (Wildman–Crippen MR) is 107 cm³/mol. The van der Waals surface area contributed by atoms with E-state index in [1.807, 2.05) is 18.2 Å². The molecule has 2 N–H and O–H groups in total. The summed E-state index contributed by atoms with van der Waals surface area (Å²) in [5.74, 6) is -1.73. The van der Waals surface area contributed by atoms with Crippen LogP contribution in [-0.4, -0.2) is 32.5 Å². The molecule has 1 atom stereocenters. The van der Waals surface area contributed by atoms with E-state index in [4.69, 9.17) is 4.74 Å². The summed E-state index contributed by atoms with van der Waals surface area (Å²) >= 11 is 0. The summed E-state index contributed by atoms with van der Waals surface area (Å²) in [7, 11) is 1.71. The Morgan fingerprint density at radius 1 is 1.07 bits per heavy atom. The first-order valence-corrected chi connectivity index (χ1v) is 8.95. The summed E-state index contributed by atoms with van der Waals surface area (Å²) in [6.07, 6.45) is -1.17. The molecule has 3 rings (SSSR count). The third-order valence-electron chi connectivity index (χ3n) is 4.58. The fraction of sp³-hybridized carbons (Fsp3) is 0.190. The average molecular weight is 395 g/mol. The maximum absolute atomic E-state index is 12.8. The molecule has 3 aromatic rings. The van der Waals surface area contributed by atoms with Crippen LogP contribution in [0.4, 0.5) is 5.69 Å². The van der Waals surface area contributed by atoms with E-state index in [2.05, 4.69) is 5.32 Å². The Morgan fingerprint density at radius 2 is 1.69 bits per heavy atom. The van der Waals surface area contributed by atoms with Crippen LogP contribution in [0.5, 0.6) is 5.75 Å². The Bertz CT molecular complexity index is 1120. The highest BCUT2D eigenvalue weighted by molar-refractivity contribution is 5.98. The van der Waals surface area contributed by atoms with Gasteiger partial charge in [-0.05, 0) is 38.1 Å². The number of hydrogen-bond donors (Lipinski definition) is 2. The van der Waals surface area contributed by atoms with Gasteiger partial charge in [-0.25, -0.2) is 9.48 Å². The Balaban J connectivity index is 1.80. The van der Waals surface area contributed by atoms with Gasteiger partial charge in [-0.1, -0.05) is 30.3 Å². The van der Waals surface area contributed by atoms with Crippen LogP contribution in [0.25, 0.3) is 5.69 Å². The number of carbonyl (C=O) groups excluding carboxylic acids is 2. The first kappa shape index (κ1) is 19.9. The highest BCUT2D eigenvalue weighted by Crippen LogP contribution is 2.18. The van der Waals surface area contributed by atoms with Crippen LogP contribution in [0, 0.1) is 6.92 Å². The molecule has 0 saturated heterocycles. The molecule has 0 unspecified atom stereocenters. The van der Waals surface area contributed by atoms with E-state index in [-0.39, 0.29) is 17.0 Å². The van der Waals surface area contributed by atoms with E-state index in [1.165, 1.54) is 23.7 Å². The van der Waals surface area contributed by atoms with Gasteiger partial charge in [0.15, 0.2) is 6.10 Å². The number of aromatic hydroxyl groups is 1. The monoisotopic (exact) mass is 395 g/mol. The Morgan fingerprint density at radius 3 is 2.34 bits per heavy atom. The second kappa shape index (κ2) is 8.05. The van der Waals surface area contributed by atoms with Crippen molar-refractivity contribution in [2.45, 2.75) is 20.0 Å². The van der Waals surface area contributed by atoms with E-state index in [1.54, 1.807) is 42.9 Å². The lowest BCUT2D eigenvalue weighted by Crippen LogP contribution is -2.32. The number of hydrogen-bond acceptors (Lipinski definition) is 5.